The predicted octanol–water partition coefficient (Wildman–Crippen LogP) is 5.71. The van der Waals surface area contributed by atoms with E-state index in [0.29, 0.717) is 6.08 Å². The Bertz CT molecular complexity index is 778. The molecule has 7 heteroatoms. The van der Waals surface area contributed by atoms with E-state index in [1.165, 1.54) is 30.3 Å². The normalized spacial score (nSPS) is 12.4. The van der Waals surface area contributed by atoms with Gasteiger partial charge in [0.2, 0.25) is 0 Å². The zero-order valence-corrected chi connectivity index (χ0v) is 15.4. The third-order valence-corrected chi connectivity index (χ3v) is 4.96. The van der Waals surface area contributed by atoms with Crippen molar-refractivity contribution in [3.05, 3.63) is 52.1 Å². The topological polar surface area (TPSA) is 62.8 Å². The molecule has 0 aliphatic carbocycles. The first kappa shape index (κ1) is 20.2. The summed E-state index contributed by atoms with van der Waals surface area (Å²) in [4.78, 5) is 5.26. The molecular weight excluding hydrogens is 359 g/mol. The van der Waals surface area contributed by atoms with Gasteiger partial charge in [0.1, 0.15) is 5.70 Å². The van der Waals surface area contributed by atoms with E-state index >= 15 is 0 Å². The number of hydrogen-bond acceptors (Lipinski definition) is 4. The van der Waals surface area contributed by atoms with Crippen molar-refractivity contribution in [2.75, 3.05) is 0 Å². The van der Waals surface area contributed by atoms with E-state index in [-0.39, 0.29) is 11.4 Å². The molecule has 0 aromatic carbocycles. The van der Waals surface area contributed by atoms with Gasteiger partial charge in [-0.3, -0.25) is 10.4 Å². The molecule has 140 valence electrons. The maximum Gasteiger partial charge on any atom is 0.430 e. The van der Waals surface area contributed by atoms with Crippen LogP contribution in [0.5, 0.6) is 0 Å². The van der Waals surface area contributed by atoms with E-state index in [9.17, 15) is 13.2 Å². The van der Waals surface area contributed by atoms with Crippen LogP contribution < -0.4 is 5.73 Å². The molecule has 0 bridgehead atoms. The maximum absolute atomic E-state index is 12.5. The van der Waals surface area contributed by atoms with Crippen LogP contribution in [0, 0.1) is 5.41 Å². The van der Waals surface area contributed by atoms with Gasteiger partial charge >= 0.3 is 6.18 Å². The average Bonchev–Trinajstić information content (AvgIpc) is 3.06. The van der Waals surface area contributed by atoms with Crippen LogP contribution in [0.3, 0.4) is 0 Å². The quantitative estimate of drug-likeness (QED) is 0.455. The lowest BCUT2D eigenvalue weighted by Crippen LogP contribution is -2.20. The summed E-state index contributed by atoms with van der Waals surface area (Å²) in [5, 5.41) is 9.87. The van der Waals surface area contributed by atoms with Gasteiger partial charge in [-0.15, -0.1) is 11.3 Å². The smallest absolute Gasteiger partial charge is 0.395 e. The molecule has 0 saturated carbocycles. The van der Waals surface area contributed by atoms with Crippen LogP contribution in [0.2, 0.25) is 0 Å². The van der Waals surface area contributed by atoms with E-state index in [2.05, 4.69) is 11.9 Å². The minimum Gasteiger partial charge on any atom is -0.395 e. The number of nitrogens with one attached hydrogen (secondary N) is 1. The molecule has 3 nitrogen and oxygen atoms in total. The van der Waals surface area contributed by atoms with E-state index < -0.39 is 11.9 Å². The second kappa shape index (κ2) is 8.98. The van der Waals surface area contributed by atoms with E-state index in [4.69, 9.17) is 11.1 Å². The van der Waals surface area contributed by atoms with Crippen molar-refractivity contribution < 1.29 is 13.2 Å². The first-order valence-corrected chi connectivity index (χ1v) is 9.37. The number of halogens is 3. The van der Waals surface area contributed by atoms with Crippen molar-refractivity contribution in [3.8, 4) is 11.1 Å². The second-order valence-electron chi connectivity index (χ2n) is 6.01. The third kappa shape index (κ3) is 5.42. The van der Waals surface area contributed by atoms with Gasteiger partial charge in [-0.05, 0) is 53.6 Å². The number of alkyl halides is 3. The van der Waals surface area contributed by atoms with Gasteiger partial charge in [0.15, 0.2) is 0 Å². The Labute approximate surface area is 155 Å². The van der Waals surface area contributed by atoms with E-state index in [1.807, 2.05) is 17.5 Å². The number of aromatic nitrogens is 1. The Balaban J connectivity index is 2.20. The van der Waals surface area contributed by atoms with Crippen LogP contribution in [0.15, 0.2) is 41.5 Å². The lowest BCUT2D eigenvalue weighted by atomic mass is 10.0. The molecule has 0 aliphatic rings. The molecule has 0 aliphatic heterocycles. The van der Waals surface area contributed by atoms with Gasteiger partial charge < -0.3 is 5.73 Å². The summed E-state index contributed by atoms with van der Waals surface area (Å²) in [7, 11) is 0. The third-order valence-electron chi connectivity index (χ3n) is 3.98. The molecule has 0 saturated heterocycles. The highest BCUT2D eigenvalue weighted by Gasteiger charge is 2.31. The monoisotopic (exact) mass is 381 g/mol. The largest absolute Gasteiger partial charge is 0.430 e. The van der Waals surface area contributed by atoms with Gasteiger partial charge in [-0.25, -0.2) is 0 Å². The van der Waals surface area contributed by atoms with Crippen LogP contribution in [-0.2, 0) is 6.42 Å². The zero-order chi connectivity index (χ0) is 19.2. The number of rotatable bonds is 8. The van der Waals surface area contributed by atoms with E-state index in [1.54, 1.807) is 17.4 Å². The summed E-state index contributed by atoms with van der Waals surface area (Å²) in [6.45, 7) is 2.17. The minimum absolute atomic E-state index is 0.165. The predicted molar refractivity (Wildman–Crippen MR) is 101 cm³/mol. The molecule has 0 amide bonds. The SMILES string of the molecule is CCCCCCc1sccc1-c1ccnc(C(=N)C=C(N)C(F)(F)F)c1. The van der Waals surface area contributed by atoms with Crippen LogP contribution in [-0.4, -0.2) is 16.9 Å². The first-order valence-electron chi connectivity index (χ1n) is 8.49. The Morgan fingerprint density at radius 2 is 2.04 bits per heavy atom. The molecule has 0 unspecified atom stereocenters. The summed E-state index contributed by atoms with van der Waals surface area (Å²) in [6.07, 6.45) is 3.13. The van der Waals surface area contributed by atoms with Crippen molar-refractivity contribution in [3.63, 3.8) is 0 Å². The van der Waals surface area contributed by atoms with E-state index in [0.717, 1.165) is 24.0 Å². The molecule has 3 N–H and O–H groups in total. The average molecular weight is 381 g/mol. The van der Waals surface area contributed by atoms with Crippen molar-refractivity contribution >= 4 is 17.0 Å². The number of thiophene rings is 1. The Kier molecular flexibility index (Phi) is 6.97. The molecule has 0 atom stereocenters. The zero-order valence-electron chi connectivity index (χ0n) is 14.6. The van der Waals surface area contributed by atoms with Crippen LogP contribution >= 0.6 is 11.3 Å². The number of hydrogen-bond donors (Lipinski definition) is 2. The number of allylic oxidation sites excluding steroid dienone is 2. The van der Waals surface area contributed by atoms with Crippen LogP contribution in [0.1, 0.15) is 43.2 Å². The molecule has 0 spiro atoms. The summed E-state index contributed by atoms with van der Waals surface area (Å²) in [5.74, 6) is 0. The molecule has 2 heterocycles. The lowest BCUT2D eigenvalue weighted by molar-refractivity contribution is -0.0925. The molecule has 26 heavy (non-hydrogen) atoms. The highest BCUT2D eigenvalue weighted by Crippen LogP contribution is 2.30. The van der Waals surface area contributed by atoms with Crippen molar-refractivity contribution in [2.24, 2.45) is 5.73 Å². The maximum atomic E-state index is 12.5. The summed E-state index contributed by atoms with van der Waals surface area (Å²) >= 11 is 1.68. The first-order chi connectivity index (χ1) is 12.3. The van der Waals surface area contributed by atoms with Crippen LogP contribution in [0.4, 0.5) is 13.2 Å². The molecule has 0 radical (unpaired) electrons. The highest BCUT2D eigenvalue weighted by molar-refractivity contribution is 7.10. The molecule has 2 aromatic heterocycles. The number of aryl methyl sites for hydroxylation is 1. The van der Waals surface area contributed by atoms with Gasteiger partial charge in [0, 0.05) is 11.1 Å². The molecule has 2 aromatic rings. The summed E-state index contributed by atoms with van der Waals surface area (Å²) in [5.41, 5.74) is 5.40. The van der Waals surface area contributed by atoms with Gasteiger partial charge in [-0.1, -0.05) is 26.2 Å². The standard InChI is InChI=1S/C19H22F3N3S/c1-2-3-4-5-6-17-14(8-10-26-17)13-7-9-25-16(11-13)15(23)12-18(24)19(20,21)22/h7-12,23H,2-6,24H2,1H3. The van der Waals surface area contributed by atoms with Gasteiger partial charge in [0.05, 0.1) is 11.4 Å². The number of nitrogens with zero attached hydrogens (tertiary/aromatic N) is 1. The fourth-order valence-corrected chi connectivity index (χ4v) is 3.50. The van der Waals surface area contributed by atoms with Crippen molar-refractivity contribution in [2.45, 2.75) is 45.2 Å². The fourth-order valence-electron chi connectivity index (χ4n) is 2.56. The summed E-state index contributed by atoms with van der Waals surface area (Å²) < 4.78 is 37.6. The van der Waals surface area contributed by atoms with Crippen molar-refractivity contribution in [1.29, 1.82) is 5.41 Å². The molecule has 2 rings (SSSR count). The van der Waals surface area contributed by atoms with Crippen LogP contribution in [0.25, 0.3) is 11.1 Å². The van der Waals surface area contributed by atoms with Gasteiger partial charge in [0.25, 0.3) is 0 Å². The number of pyridine rings is 1. The highest BCUT2D eigenvalue weighted by atomic mass is 32.1. The second-order valence-corrected chi connectivity index (χ2v) is 7.01. The Hall–Kier alpha value is -2.15. The minimum atomic E-state index is -4.65. The van der Waals surface area contributed by atoms with Crippen molar-refractivity contribution in [1.82, 2.24) is 4.98 Å². The summed E-state index contributed by atoms with van der Waals surface area (Å²) in [6, 6.07) is 5.45. The number of nitrogens with two attached hydrogens (primary N) is 1. The Morgan fingerprint density at radius 3 is 2.73 bits per heavy atom. The molecular formula is C19H22F3N3S. The fraction of sp³-hybridized carbons (Fsp3) is 0.368. The molecule has 0 fully saturated rings. The number of unbranched alkanes of at least 4 members (excludes halogenated alkanes) is 3. The Morgan fingerprint density at radius 1 is 1.27 bits per heavy atom. The lowest BCUT2D eigenvalue weighted by Gasteiger charge is -2.08. The van der Waals surface area contributed by atoms with Gasteiger partial charge in [-0.2, -0.15) is 13.2 Å².